The van der Waals surface area contributed by atoms with Gasteiger partial charge in [0.2, 0.25) is 0 Å². The molecule has 0 saturated carbocycles. The lowest BCUT2D eigenvalue weighted by Gasteiger charge is -2.14. The molecule has 0 amide bonds. The highest BCUT2D eigenvalue weighted by atomic mass is 35.5. The summed E-state index contributed by atoms with van der Waals surface area (Å²) in [5, 5.41) is 0. The molecule has 0 radical (unpaired) electrons. The van der Waals surface area contributed by atoms with E-state index in [0.717, 1.165) is 4.31 Å². The number of alkyl halides is 2. The number of fused-ring (bicyclic) bond motifs is 1. The lowest BCUT2D eigenvalue weighted by molar-refractivity contribution is 0.591. The molecule has 1 aliphatic heterocycles. The van der Waals surface area contributed by atoms with E-state index in [9.17, 15) is 8.42 Å². The molecule has 76 valence electrons. The standard InChI is InChI=1S/C7H6Cl2N2O2S/c1-11-5-3-2-4-10-6(5)7(8,9)14(11,12)13/h2-4H,1H3. The molecule has 0 atom stereocenters. The Morgan fingerprint density at radius 2 is 2.14 bits per heavy atom. The first-order valence-electron chi connectivity index (χ1n) is 3.71. The van der Waals surface area contributed by atoms with Crippen LogP contribution < -0.4 is 4.31 Å². The molecular formula is C7H6Cl2N2O2S. The van der Waals surface area contributed by atoms with Gasteiger partial charge in [-0.15, -0.1) is 0 Å². The molecule has 2 rings (SSSR count). The van der Waals surface area contributed by atoms with E-state index in [1.165, 1.54) is 13.2 Å². The molecule has 0 aromatic carbocycles. The fourth-order valence-electron chi connectivity index (χ4n) is 1.30. The van der Waals surface area contributed by atoms with Crippen LogP contribution in [-0.2, 0) is 13.7 Å². The second-order valence-electron chi connectivity index (χ2n) is 2.86. The van der Waals surface area contributed by atoms with Crippen LogP contribution in [0.3, 0.4) is 0 Å². The smallest absolute Gasteiger partial charge is 0.268 e. The predicted molar refractivity (Wildman–Crippen MR) is 54.9 cm³/mol. The van der Waals surface area contributed by atoms with Gasteiger partial charge in [-0.2, -0.15) is 0 Å². The normalized spacial score (nSPS) is 22.1. The molecule has 0 bridgehead atoms. The van der Waals surface area contributed by atoms with Crippen LogP contribution in [0.5, 0.6) is 0 Å². The number of nitrogens with zero attached hydrogens (tertiary/aromatic N) is 2. The van der Waals surface area contributed by atoms with Crippen molar-refractivity contribution in [3.8, 4) is 0 Å². The molecule has 0 N–H and O–H groups in total. The number of rotatable bonds is 0. The molecule has 1 aromatic heterocycles. The van der Waals surface area contributed by atoms with Crippen molar-refractivity contribution in [1.29, 1.82) is 0 Å². The van der Waals surface area contributed by atoms with Gasteiger partial charge in [-0.05, 0) is 12.1 Å². The quantitative estimate of drug-likeness (QED) is 0.657. The molecular weight excluding hydrogens is 247 g/mol. The Morgan fingerprint density at radius 3 is 2.71 bits per heavy atom. The lowest BCUT2D eigenvalue weighted by atomic mass is 10.3. The van der Waals surface area contributed by atoms with E-state index in [1.807, 2.05) is 0 Å². The Labute approximate surface area is 91.5 Å². The lowest BCUT2D eigenvalue weighted by Crippen LogP contribution is -2.29. The van der Waals surface area contributed by atoms with E-state index in [4.69, 9.17) is 23.2 Å². The minimum Gasteiger partial charge on any atom is -0.268 e. The van der Waals surface area contributed by atoms with Crippen molar-refractivity contribution < 1.29 is 8.42 Å². The van der Waals surface area contributed by atoms with Crippen molar-refractivity contribution in [2.24, 2.45) is 0 Å². The average Bonchev–Trinajstić information content (AvgIpc) is 2.27. The number of pyridine rings is 1. The molecule has 7 heteroatoms. The summed E-state index contributed by atoms with van der Waals surface area (Å²) in [6.45, 7) is 0. The van der Waals surface area contributed by atoms with Gasteiger partial charge in [-0.1, -0.05) is 23.2 Å². The Kier molecular flexibility index (Phi) is 1.96. The number of anilines is 1. The number of sulfonamides is 1. The summed E-state index contributed by atoms with van der Waals surface area (Å²) in [5.41, 5.74) is 0.573. The predicted octanol–water partition coefficient (Wildman–Crippen LogP) is 1.45. The third-order valence-electron chi connectivity index (χ3n) is 2.09. The van der Waals surface area contributed by atoms with Gasteiger partial charge in [0.1, 0.15) is 5.69 Å². The third-order valence-corrected chi connectivity index (χ3v) is 5.37. The van der Waals surface area contributed by atoms with E-state index >= 15 is 0 Å². The summed E-state index contributed by atoms with van der Waals surface area (Å²) in [4.78, 5) is 3.87. The Bertz CT molecular complexity index is 486. The number of halogens is 2. The molecule has 4 nitrogen and oxygen atoms in total. The average molecular weight is 253 g/mol. The van der Waals surface area contributed by atoms with Crippen molar-refractivity contribution in [1.82, 2.24) is 4.98 Å². The van der Waals surface area contributed by atoms with Gasteiger partial charge in [0.15, 0.2) is 0 Å². The van der Waals surface area contributed by atoms with E-state index in [-0.39, 0.29) is 5.69 Å². The van der Waals surface area contributed by atoms with Gasteiger partial charge in [-0.3, -0.25) is 9.29 Å². The Hall–Kier alpha value is -0.520. The first kappa shape index (κ1) is 10.0. The Morgan fingerprint density at radius 1 is 1.50 bits per heavy atom. The Balaban J connectivity index is 2.81. The molecule has 1 aromatic rings. The van der Waals surface area contributed by atoms with Gasteiger partial charge < -0.3 is 0 Å². The van der Waals surface area contributed by atoms with E-state index < -0.39 is 13.7 Å². The van der Waals surface area contributed by atoms with E-state index in [1.54, 1.807) is 12.1 Å². The van der Waals surface area contributed by atoms with Crippen molar-refractivity contribution in [3.05, 3.63) is 24.0 Å². The van der Waals surface area contributed by atoms with Gasteiger partial charge >= 0.3 is 0 Å². The summed E-state index contributed by atoms with van der Waals surface area (Å²) < 4.78 is 22.4. The second kappa shape index (κ2) is 2.74. The molecule has 0 unspecified atom stereocenters. The number of hydrogen-bond donors (Lipinski definition) is 0. The van der Waals surface area contributed by atoms with Gasteiger partial charge in [0.25, 0.3) is 13.7 Å². The zero-order chi connectivity index (χ0) is 10.6. The van der Waals surface area contributed by atoms with Crippen LogP contribution in [0.2, 0.25) is 0 Å². The van der Waals surface area contributed by atoms with Crippen molar-refractivity contribution in [2.45, 2.75) is 3.67 Å². The minimum absolute atomic E-state index is 0.158. The molecule has 0 fully saturated rings. The zero-order valence-corrected chi connectivity index (χ0v) is 9.44. The van der Waals surface area contributed by atoms with Crippen LogP contribution in [0.15, 0.2) is 18.3 Å². The third kappa shape index (κ3) is 1.00. The molecule has 2 heterocycles. The monoisotopic (exact) mass is 252 g/mol. The maximum Gasteiger partial charge on any atom is 0.281 e. The van der Waals surface area contributed by atoms with Crippen LogP contribution in [0.1, 0.15) is 5.69 Å². The minimum atomic E-state index is -3.76. The van der Waals surface area contributed by atoms with Crippen LogP contribution in [0, 0.1) is 0 Å². The highest BCUT2D eigenvalue weighted by molar-refractivity contribution is 7.96. The SMILES string of the molecule is CN1c2cccnc2C(Cl)(Cl)S1(=O)=O. The maximum absolute atomic E-state index is 11.7. The van der Waals surface area contributed by atoms with Crippen LogP contribution >= 0.6 is 23.2 Å². The highest BCUT2D eigenvalue weighted by Crippen LogP contribution is 2.50. The fourth-order valence-corrected chi connectivity index (χ4v) is 3.36. The zero-order valence-electron chi connectivity index (χ0n) is 7.11. The van der Waals surface area contributed by atoms with Crippen LogP contribution in [0.4, 0.5) is 5.69 Å². The summed E-state index contributed by atoms with van der Waals surface area (Å²) in [6.07, 6.45) is 1.45. The number of hydrogen-bond acceptors (Lipinski definition) is 3. The van der Waals surface area contributed by atoms with Crippen molar-refractivity contribution >= 4 is 38.9 Å². The van der Waals surface area contributed by atoms with E-state index in [2.05, 4.69) is 4.98 Å². The van der Waals surface area contributed by atoms with Gasteiger partial charge in [-0.25, -0.2) is 8.42 Å². The van der Waals surface area contributed by atoms with Crippen LogP contribution in [-0.4, -0.2) is 20.4 Å². The first-order chi connectivity index (χ1) is 6.39. The molecule has 0 spiro atoms. The number of aromatic nitrogens is 1. The molecule has 0 saturated heterocycles. The second-order valence-corrected chi connectivity index (χ2v) is 6.75. The van der Waals surface area contributed by atoms with E-state index in [0.29, 0.717) is 5.69 Å². The first-order valence-corrected chi connectivity index (χ1v) is 5.90. The van der Waals surface area contributed by atoms with Crippen LogP contribution in [0.25, 0.3) is 0 Å². The summed E-state index contributed by atoms with van der Waals surface area (Å²) in [5.74, 6) is 0. The van der Waals surface area contributed by atoms with Crippen molar-refractivity contribution in [3.63, 3.8) is 0 Å². The maximum atomic E-state index is 11.7. The molecule has 0 aliphatic carbocycles. The summed E-state index contributed by atoms with van der Waals surface area (Å²) in [6, 6.07) is 3.23. The summed E-state index contributed by atoms with van der Waals surface area (Å²) in [7, 11) is -2.37. The van der Waals surface area contributed by atoms with Crippen molar-refractivity contribution in [2.75, 3.05) is 11.4 Å². The van der Waals surface area contributed by atoms with Gasteiger partial charge in [0, 0.05) is 13.2 Å². The fraction of sp³-hybridized carbons (Fsp3) is 0.286. The van der Waals surface area contributed by atoms with Gasteiger partial charge in [0.05, 0.1) is 5.69 Å². The largest absolute Gasteiger partial charge is 0.281 e. The molecule has 14 heavy (non-hydrogen) atoms. The topological polar surface area (TPSA) is 50.3 Å². The summed E-state index contributed by atoms with van der Waals surface area (Å²) >= 11 is 11.5. The molecule has 1 aliphatic rings. The highest BCUT2D eigenvalue weighted by Gasteiger charge is 2.54.